The Hall–Kier alpha value is -2.40. The van der Waals surface area contributed by atoms with E-state index < -0.39 is 17.8 Å². The first-order valence-electron chi connectivity index (χ1n) is 9.06. The zero-order chi connectivity index (χ0) is 19.6. The largest absolute Gasteiger partial charge is 0.354 e. The van der Waals surface area contributed by atoms with Crippen LogP contribution in [-0.2, 0) is 4.79 Å². The molecular formula is C21H22ClFN2O2. The molecule has 2 aromatic rings. The number of nitrogens with zero attached hydrogens (tertiary/aromatic N) is 1. The highest BCUT2D eigenvalue weighted by Gasteiger charge is 2.43. The van der Waals surface area contributed by atoms with Crippen LogP contribution >= 0.6 is 11.6 Å². The molecule has 2 atom stereocenters. The first kappa shape index (κ1) is 19.4. The molecule has 2 amide bonds. The molecule has 27 heavy (non-hydrogen) atoms. The first-order valence-corrected chi connectivity index (χ1v) is 9.44. The van der Waals surface area contributed by atoms with E-state index in [0.717, 1.165) is 12.0 Å². The fourth-order valence-electron chi connectivity index (χ4n) is 3.43. The van der Waals surface area contributed by atoms with Gasteiger partial charge in [0, 0.05) is 18.1 Å². The van der Waals surface area contributed by atoms with Crippen molar-refractivity contribution < 1.29 is 14.0 Å². The Kier molecular flexibility index (Phi) is 5.80. The van der Waals surface area contributed by atoms with Gasteiger partial charge in [-0.25, -0.2) is 4.39 Å². The van der Waals surface area contributed by atoms with Crippen LogP contribution in [0.1, 0.15) is 53.7 Å². The van der Waals surface area contributed by atoms with Crippen molar-refractivity contribution in [1.82, 2.24) is 10.2 Å². The summed E-state index contributed by atoms with van der Waals surface area (Å²) in [5, 5.41) is 3.47. The number of benzene rings is 2. The van der Waals surface area contributed by atoms with Crippen LogP contribution in [0.2, 0.25) is 5.02 Å². The summed E-state index contributed by atoms with van der Waals surface area (Å²) in [4.78, 5) is 27.1. The number of rotatable bonds is 6. The zero-order valence-electron chi connectivity index (χ0n) is 15.3. The molecule has 0 aromatic heterocycles. The van der Waals surface area contributed by atoms with Crippen LogP contribution in [0.15, 0.2) is 42.5 Å². The summed E-state index contributed by atoms with van der Waals surface area (Å²) >= 11 is 5.94. The number of hydrogen-bond donors (Lipinski definition) is 1. The van der Waals surface area contributed by atoms with Gasteiger partial charge in [0.1, 0.15) is 11.9 Å². The molecular weight excluding hydrogens is 367 g/mol. The molecule has 0 fully saturated rings. The molecule has 1 heterocycles. The van der Waals surface area contributed by atoms with Crippen LogP contribution in [0.5, 0.6) is 0 Å². The lowest BCUT2D eigenvalue weighted by Gasteiger charge is -2.27. The second-order valence-electron chi connectivity index (χ2n) is 6.81. The van der Waals surface area contributed by atoms with Crippen molar-refractivity contribution in [2.45, 2.75) is 32.2 Å². The van der Waals surface area contributed by atoms with E-state index in [0.29, 0.717) is 23.7 Å². The molecule has 0 aliphatic carbocycles. The second kappa shape index (κ2) is 8.09. The lowest BCUT2D eigenvalue weighted by atomic mass is 9.99. The Morgan fingerprint density at radius 3 is 2.63 bits per heavy atom. The molecule has 0 saturated heterocycles. The van der Waals surface area contributed by atoms with Gasteiger partial charge in [-0.1, -0.05) is 49.7 Å². The third-order valence-corrected chi connectivity index (χ3v) is 5.09. The van der Waals surface area contributed by atoms with Gasteiger partial charge in [0.15, 0.2) is 0 Å². The van der Waals surface area contributed by atoms with Gasteiger partial charge in [-0.15, -0.1) is 0 Å². The quantitative estimate of drug-likeness (QED) is 0.801. The van der Waals surface area contributed by atoms with Gasteiger partial charge in [0.2, 0.25) is 5.91 Å². The van der Waals surface area contributed by atoms with Gasteiger partial charge in [0.05, 0.1) is 5.56 Å². The summed E-state index contributed by atoms with van der Waals surface area (Å²) < 4.78 is 14.3. The second-order valence-corrected chi connectivity index (χ2v) is 7.24. The highest BCUT2D eigenvalue weighted by atomic mass is 35.5. The molecule has 0 saturated carbocycles. The molecule has 1 aliphatic rings. The van der Waals surface area contributed by atoms with Crippen LogP contribution < -0.4 is 5.32 Å². The molecule has 0 radical (unpaired) electrons. The molecule has 6 heteroatoms. The van der Waals surface area contributed by atoms with Crippen molar-refractivity contribution in [3.05, 3.63) is 70.0 Å². The van der Waals surface area contributed by atoms with Crippen molar-refractivity contribution in [3.63, 3.8) is 0 Å². The van der Waals surface area contributed by atoms with Gasteiger partial charge < -0.3 is 10.2 Å². The Bertz CT molecular complexity index is 854. The number of amides is 2. The fraction of sp³-hybridized carbons (Fsp3) is 0.333. The van der Waals surface area contributed by atoms with Gasteiger partial charge in [-0.3, -0.25) is 9.59 Å². The molecule has 2 unspecified atom stereocenters. The van der Waals surface area contributed by atoms with E-state index in [1.165, 1.54) is 17.0 Å². The van der Waals surface area contributed by atoms with E-state index in [1.807, 2.05) is 26.0 Å². The minimum Gasteiger partial charge on any atom is -0.354 e. The van der Waals surface area contributed by atoms with Crippen molar-refractivity contribution in [2.75, 3.05) is 13.1 Å². The van der Waals surface area contributed by atoms with Crippen LogP contribution in [0, 0.1) is 5.82 Å². The summed E-state index contributed by atoms with van der Waals surface area (Å²) in [7, 11) is 0. The van der Waals surface area contributed by atoms with Crippen molar-refractivity contribution in [2.24, 2.45) is 0 Å². The predicted octanol–water partition coefficient (Wildman–Crippen LogP) is 4.31. The predicted molar refractivity (Wildman–Crippen MR) is 103 cm³/mol. The van der Waals surface area contributed by atoms with Gasteiger partial charge >= 0.3 is 0 Å². The van der Waals surface area contributed by atoms with Gasteiger partial charge in [-0.2, -0.15) is 0 Å². The maximum atomic E-state index is 14.3. The number of halogens is 2. The summed E-state index contributed by atoms with van der Waals surface area (Å²) in [5.41, 5.74) is 1.42. The molecule has 3 rings (SSSR count). The van der Waals surface area contributed by atoms with Crippen molar-refractivity contribution in [1.29, 1.82) is 0 Å². The SMILES string of the molecule is CCCNC(=O)C1c2cccc(F)c2C(=O)N1CC(C)c1ccc(Cl)cc1. The van der Waals surface area contributed by atoms with E-state index in [9.17, 15) is 14.0 Å². The maximum Gasteiger partial charge on any atom is 0.258 e. The minimum absolute atomic E-state index is 0.00236. The molecule has 0 spiro atoms. The Labute approximate surface area is 163 Å². The topological polar surface area (TPSA) is 49.4 Å². The molecule has 2 aromatic carbocycles. The smallest absolute Gasteiger partial charge is 0.258 e. The number of fused-ring (bicyclic) bond motifs is 1. The third-order valence-electron chi connectivity index (χ3n) is 4.83. The standard InChI is InChI=1S/C21H22ClFN2O2/c1-3-11-24-20(26)19-16-5-4-6-17(23)18(16)21(27)25(19)12-13(2)14-7-9-15(22)10-8-14/h4-10,13,19H,3,11-12H2,1-2H3,(H,24,26). The van der Waals surface area contributed by atoms with E-state index >= 15 is 0 Å². The monoisotopic (exact) mass is 388 g/mol. The van der Waals surface area contributed by atoms with Crippen LogP contribution in [0.25, 0.3) is 0 Å². The molecule has 1 N–H and O–H groups in total. The van der Waals surface area contributed by atoms with E-state index in [2.05, 4.69) is 5.32 Å². The Morgan fingerprint density at radius 2 is 1.96 bits per heavy atom. The van der Waals surface area contributed by atoms with Crippen LogP contribution in [0.3, 0.4) is 0 Å². The normalized spacial score (nSPS) is 17.0. The van der Waals surface area contributed by atoms with Crippen LogP contribution in [0.4, 0.5) is 4.39 Å². The van der Waals surface area contributed by atoms with Crippen molar-refractivity contribution in [3.8, 4) is 0 Å². The highest BCUT2D eigenvalue weighted by Crippen LogP contribution is 2.37. The van der Waals surface area contributed by atoms with E-state index in [4.69, 9.17) is 11.6 Å². The Morgan fingerprint density at radius 1 is 1.26 bits per heavy atom. The zero-order valence-corrected chi connectivity index (χ0v) is 16.1. The number of carbonyl (C=O) groups excluding carboxylic acids is 2. The lowest BCUT2D eigenvalue weighted by Crippen LogP contribution is -2.41. The number of nitrogens with one attached hydrogen (secondary N) is 1. The summed E-state index contributed by atoms with van der Waals surface area (Å²) in [6.45, 7) is 4.73. The average molecular weight is 389 g/mol. The van der Waals surface area contributed by atoms with Gasteiger partial charge in [-0.05, 0) is 41.7 Å². The van der Waals surface area contributed by atoms with Crippen molar-refractivity contribution >= 4 is 23.4 Å². The molecule has 1 aliphatic heterocycles. The third kappa shape index (κ3) is 3.83. The maximum absolute atomic E-state index is 14.3. The lowest BCUT2D eigenvalue weighted by molar-refractivity contribution is -0.125. The number of carbonyl (C=O) groups is 2. The fourth-order valence-corrected chi connectivity index (χ4v) is 3.56. The summed E-state index contributed by atoms with van der Waals surface area (Å²) in [5.74, 6) is -1.35. The minimum atomic E-state index is -0.815. The summed E-state index contributed by atoms with van der Waals surface area (Å²) in [6.07, 6.45) is 0.781. The van der Waals surface area contributed by atoms with E-state index in [-0.39, 0.29) is 17.4 Å². The molecule has 142 valence electrons. The summed E-state index contributed by atoms with van der Waals surface area (Å²) in [6, 6.07) is 11.0. The number of hydrogen-bond acceptors (Lipinski definition) is 2. The highest BCUT2D eigenvalue weighted by molar-refractivity contribution is 6.30. The van der Waals surface area contributed by atoms with E-state index in [1.54, 1.807) is 18.2 Å². The average Bonchev–Trinajstić information content (AvgIpc) is 2.93. The van der Waals surface area contributed by atoms with Gasteiger partial charge in [0.25, 0.3) is 5.91 Å². The molecule has 4 nitrogen and oxygen atoms in total. The first-order chi connectivity index (χ1) is 12.9. The van der Waals surface area contributed by atoms with Crippen LogP contribution in [-0.4, -0.2) is 29.8 Å². The molecule has 0 bridgehead atoms. The Balaban J connectivity index is 1.92.